The number of phenols is 1. The molecule has 1 aliphatic rings. The predicted octanol–water partition coefficient (Wildman–Crippen LogP) is 3.45. The van der Waals surface area contributed by atoms with Gasteiger partial charge in [0.15, 0.2) is 0 Å². The number of nitrogens with two attached hydrogens (primary N) is 1. The minimum Gasteiger partial charge on any atom is -0.507 e. The van der Waals surface area contributed by atoms with Gasteiger partial charge in [-0.1, -0.05) is 12.8 Å². The Morgan fingerprint density at radius 2 is 2.04 bits per heavy atom. The van der Waals surface area contributed by atoms with Crippen LogP contribution in [0.1, 0.15) is 31.4 Å². The van der Waals surface area contributed by atoms with Crippen molar-refractivity contribution in [2.24, 2.45) is 5.73 Å². The van der Waals surface area contributed by atoms with Crippen molar-refractivity contribution < 1.29 is 5.11 Å². The minimum atomic E-state index is 0.127. The first-order valence-corrected chi connectivity index (χ1v) is 9.44. The molecule has 0 saturated heterocycles. The molecule has 0 unspecified atom stereocenters. The molecule has 0 aliphatic heterocycles. The molecule has 2 heterocycles. The van der Waals surface area contributed by atoms with Crippen LogP contribution in [0.2, 0.25) is 0 Å². The highest BCUT2D eigenvalue weighted by Crippen LogP contribution is 2.37. The number of aromatic hydroxyl groups is 1. The van der Waals surface area contributed by atoms with Crippen LogP contribution in [0.25, 0.3) is 21.3 Å². The summed E-state index contributed by atoms with van der Waals surface area (Å²) in [6, 6.07) is 6.09. The quantitative estimate of drug-likeness (QED) is 0.666. The van der Waals surface area contributed by atoms with Crippen LogP contribution in [0.5, 0.6) is 5.75 Å². The highest BCUT2D eigenvalue weighted by Gasteiger charge is 2.23. The minimum absolute atomic E-state index is 0.127. The van der Waals surface area contributed by atoms with Gasteiger partial charge in [0.2, 0.25) is 5.95 Å². The third-order valence-corrected chi connectivity index (χ3v) is 5.74. The van der Waals surface area contributed by atoms with Gasteiger partial charge >= 0.3 is 0 Å². The Hall–Kier alpha value is -2.25. The number of thiophene rings is 1. The van der Waals surface area contributed by atoms with Gasteiger partial charge in [-0.05, 0) is 43.3 Å². The number of hydrogen-bond donors (Lipinski definition) is 3. The Morgan fingerprint density at radius 1 is 1.20 bits per heavy atom. The molecule has 2 aromatic heterocycles. The van der Waals surface area contributed by atoms with Gasteiger partial charge in [0.05, 0.1) is 5.69 Å². The maximum atomic E-state index is 10.6. The average Bonchev–Trinajstić information content (AvgIpc) is 3.08. The second-order valence-corrected chi connectivity index (χ2v) is 7.51. The molecule has 0 spiro atoms. The molecule has 2 atom stereocenters. The number of rotatable bonds is 3. The van der Waals surface area contributed by atoms with E-state index in [1.165, 1.54) is 12.8 Å². The Bertz CT molecular complexity index is 910. The maximum Gasteiger partial charge on any atom is 0.243 e. The molecule has 4 N–H and O–H groups in total. The summed E-state index contributed by atoms with van der Waals surface area (Å²) in [5, 5.41) is 25.2. The van der Waals surface area contributed by atoms with Crippen LogP contribution in [0.3, 0.4) is 0 Å². The average molecular weight is 355 g/mol. The summed E-state index contributed by atoms with van der Waals surface area (Å²) in [7, 11) is 0. The van der Waals surface area contributed by atoms with E-state index in [-0.39, 0.29) is 17.8 Å². The first-order chi connectivity index (χ1) is 12.1. The van der Waals surface area contributed by atoms with Crippen LogP contribution < -0.4 is 11.1 Å². The van der Waals surface area contributed by atoms with E-state index in [1.807, 2.05) is 30.5 Å². The fourth-order valence-electron chi connectivity index (χ4n) is 3.44. The van der Waals surface area contributed by atoms with Crippen molar-refractivity contribution in [3.8, 4) is 17.0 Å². The van der Waals surface area contributed by atoms with Gasteiger partial charge in [-0.25, -0.2) is 4.98 Å². The Balaban J connectivity index is 1.64. The molecule has 6 nitrogen and oxygen atoms in total. The number of fused-ring (bicyclic) bond motifs is 1. The molecule has 0 radical (unpaired) electrons. The zero-order valence-electron chi connectivity index (χ0n) is 14.1. The van der Waals surface area contributed by atoms with Crippen molar-refractivity contribution in [2.75, 3.05) is 5.32 Å². The summed E-state index contributed by atoms with van der Waals surface area (Å²) in [4.78, 5) is 4.54. The number of anilines is 1. The molecule has 0 amide bonds. The molecule has 1 aliphatic carbocycles. The lowest BCUT2D eigenvalue weighted by molar-refractivity contribution is 0.402. The van der Waals surface area contributed by atoms with E-state index in [2.05, 4.69) is 20.5 Å². The summed E-state index contributed by atoms with van der Waals surface area (Å²) in [6.45, 7) is 1.88. The van der Waals surface area contributed by atoms with E-state index in [1.54, 1.807) is 11.3 Å². The first-order valence-electron chi connectivity index (χ1n) is 8.56. The molecule has 4 rings (SSSR count). The largest absolute Gasteiger partial charge is 0.507 e. The number of benzene rings is 1. The van der Waals surface area contributed by atoms with Crippen LogP contribution in [0.4, 0.5) is 5.95 Å². The van der Waals surface area contributed by atoms with Gasteiger partial charge in [0.1, 0.15) is 11.4 Å². The number of aromatic nitrogens is 3. The molecule has 130 valence electrons. The smallest absolute Gasteiger partial charge is 0.243 e. The van der Waals surface area contributed by atoms with Crippen molar-refractivity contribution in [2.45, 2.75) is 44.7 Å². The monoisotopic (exact) mass is 355 g/mol. The predicted molar refractivity (Wildman–Crippen MR) is 101 cm³/mol. The lowest BCUT2D eigenvalue weighted by Gasteiger charge is -2.29. The van der Waals surface area contributed by atoms with E-state index in [4.69, 9.17) is 5.73 Å². The van der Waals surface area contributed by atoms with Crippen LogP contribution in [0.15, 0.2) is 23.6 Å². The lowest BCUT2D eigenvalue weighted by atomic mass is 9.91. The van der Waals surface area contributed by atoms with Gasteiger partial charge < -0.3 is 16.2 Å². The highest BCUT2D eigenvalue weighted by molar-refractivity contribution is 7.17. The van der Waals surface area contributed by atoms with E-state index < -0.39 is 0 Å². The van der Waals surface area contributed by atoms with E-state index in [0.29, 0.717) is 17.2 Å². The number of nitrogens with one attached hydrogen (secondary N) is 1. The fourth-order valence-corrected chi connectivity index (χ4v) is 4.23. The van der Waals surface area contributed by atoms with Crippen LogP contribution >= 0.6 is 11.3 Å². The van der Waals surface area contributed by atoms with Gasteiger partial charge in [-0.3, -0.25) is 0 Å². The van der Waals surface area contributed by atoms with Crippen molar-refractivity contribution in [3.05, 3.63) is 29.3 Å². The van der Waals surface area contributed by atoms with Crippen LogP contribution in [0, 0.1) is 6.92 Å². The van der Waals surface area contributed by atoms with Gasteiger partial charge in [0, 0.05) is 27.7 Å². The Labute approximate surface area is 150 Å². The van der Waals surface area contributed by atoms with Gasteiger partial charge in [-0.15, -0.1) is 21.5 Å². The zero-order chi connectivity index (χ0) is 17.4. The standard InChI is InChI=1S/C18H21N5OS/c1-10-16(12-6-7-15-11(17(12)24)8-9-25-15)22-23-18(20-10)21-14-5-3-2-4-13(14)19/h6-9,13-14,24H,2-5,19H2,1H3,(H,20,21,23)/t13-,14-/m1/s1. The summed E-state index contributed by atoms with van der Waals surface area (Å²) in [6.07, 6.45) is 4.41. The summed E-state index contributed by atoms with van der Waals surface area (Å²) < 4.78 is 1.05. The lowest BCUT2D eigenvalue weighted by Crippen LogP contribution is -2.43. The van der Waals surface area contributed by atoms with Crippen LogP contribution in [-0.2, 0) is 0 Å². The molecule has 0 bridgehead atoms. The number of nitrogens with zero attached hydrogens (tertiary/aromatic N) is 3. The topological polar surface area (TPSA) is 97.0 Å². The van der Waals surface area contributed by atoms with Crippen molar-refractivity contribution in [1.29, 1.82) is 0 Å². The molecular formula is C18H21N5OS. The molecule has 1 saturated carbocycles. The summed E-state index contributed by atoms with van der Waals surface area (Å²) in [5.74, 6) is 0.729. The molecule has 1 fully saturated rings. The molecule has 1 aromatic carbocycles. The van der Waals surface area contributed by atoms with Crippen molar-refractivity contribution in [3.63, 3.8) is 0 Å². The fraction of sp³-hybridized carbons (Fsp3) is 0.389. The summed E-state index contributed by atoms with van der Waals surface area (Å²) >= 11 is 1.60. The van der Waals surface area contributed by atoms with Crippen molar-refractivity contribution >= 4 is 27.4 Å². The Kier molecular flexibility index (Phi) is 4.27. The maximum absolute atomic E-state index is 10.6. The third kappa shape index (κ3) is 3.05. The second-order valence-electron chi connectivity index (χ2n) is 6.56. The third-order valence-electron chi connectivity index (χ3n) is 4.86. The SMILES string of the molecule is Cc1nc(N[C@@H]2CCCC[C@H]2N)nnc1-c1ccc2sccc2c1O. The number of phenolic OH excluding ortho intramolecular Hbond substituents is 1. The Morgan fingerprint density at radius 3 is 2.84 bits per heavy atom. The molecular weight excluding hydrogens is 334 g/mol. The van der Waals surface area contributed by atoms with Crippen LogP contribution in [-0.4, -0.2) is 32.4 Å². The van der Waals surface area contributed by atoms with Gasteiger partial charge in [0.25, 0.3) is 0 Å². The number of hydrogen-bond acceptors (Lipinski definition) is 7. The highest BCUT2D eigenvalue weighted by atomic mass is 32.1. The molecule has 3 aromatic rings. The second kappa shape index (κ2) is 6.57. The molecule has 25 heavy (non-hydrogen) atoms. The van der Waals surface area contributed by atoms with E-state index in [0.717, 1.165) is 28.6 Å². The first kappa shape index (κ1) is 16.2. The number of aryl methyl sites for hydroxylation is 1. The summed E-state index contributed by atoms with van der Waals surface area (Å²) in [5.41, 5.74) is 8.16. The van der Waals surface area contributed by atoms with Crippen molar-refractivity contribution in [1.82, 2.24) is 15.2 Å². The van der Waals surface area contributed by atoms with E-state index in [9.17, 15) is 5.11 Å². The molecule has 7 heteroatoms. The van der Waals surface area contributed by atoms with Gasteiger partial charge in [-0.2, -0.15) is 0 Å². The zero-order valence-corrected chi connectivity index (χ0v) is 14.9. The normalized spacial score (nSPS) is 20.7. The van der Waals surface area contributed by atoms with E-state index >= 15 is 0 Å².